The number of carbonyl (C=O) groups is 1. The van der Waals surface area contributed by atoms with E-state index < -0.39 is 5.97 Å². The maximum atomic E-state index is 11.6. The maximum Gasteiger partial charge on any atom is 0.306 e. The van der Waals surface area contributed by atoms with Crippen molar-refractivity contribution in [3.8, 4) is 5.75 Å². The molecule has 0 aromatic heterocycles. The Hall–Kier alpha value is -2.07. The summed E-state index contributed by atoms with van der Waals surface area (Å²) in [6.45, 7) is 3.26. The lowest BCUT2D eigenvalue weighted by Crippen LogP contribution is -2.52. The van der Waals surface area contributed by atoms with E-state index in [-0.39, 0.29) is 5.92 Å². The molecule has 1 N–H and O–H groups in total. The number of benzene rings is 2. The minimum absolute atomic E-state index is 0.161. The second-order valence-corrected chi connectivity index (χ2v) is 10.2. The van der Waals surface area contributed by atoms with Gasteiger partial charge in [-0.2, -0.15) is 0 Å². The molecule has 2 aliphatic heterocycles. The normalized spacial score (nSPS) is 31.5. The lowest BCUT2D eigenvalue weighted by atomic mass is 9.78. The first kappa shape index (κ1) is 20.8. The maximum absolute atomic E-state index is 11.6. The molecule has 2 saturated heterocycles. The SMILES string of the molecule is C[C@H]1CC[C@@H](Oc2cccc3cc(CN4C5CCCC4CC(C(=O)O)C5)ccc23)CC1. The highest BCUT2D eigenvalue weighted by molar-refractivity contribution is 5.88. The molecule has 1 aliphatic carbocycles. The number of carboxylic acid groups (broad SMARTS) is 1. The number of ether oxygens (including phenoxy) is 1. The van der Waals surface area contributed by atoms with Crippen molar-refractivity contribution in [2.45, 2.75) is 89.4 Å². The molecule has 3 fully saturated rings. The van der Waals surface area contributed by atoms with Crippen LogP contribution in [0.5, 0.6) is 5.75 Å². The predicted octanol–water partition coefficient (Wildman–Crippen LogP) is 6.02. The number of fused-ring (bicyclic) bond motifs is 3. The van der Waals surface area contributed by atoms with Crippen molar-refractivity contribution < 1.29 is 14.6 Å². The molecule has 166 valence electrons. The van der Waals surface area contributed by atoms with E-state index in [1.54, 1.807) is 0 Å². The number of nitrogens with zero attached hydrogens (tertiary/aromatic N) is 1. The Morgan fingerprint density at radius 1 is 1.03 bits per heavy atom. The minimum atomic E-state index is -0.609. The Kier molecular flexibility index (Phi) is 5.92. The van der Waals surface area contributed by atoms with Crippen LogP contribution < -0.4 is 4.74 Å². The Morgan fingerprint density at radius 3 is 2.48 bits per heavy atom. The van der Waals surface area contributed by atoms with E-state index in [2.05, 4.69) is 48.2 Å². The van der Waals surface area contributed by atoms with Gasteiger partial charge >= 0.3 is 5.97 Å². The molecular weight excluding hydrogens is 386 g/mol. The third kappa shape index (κ3) is 4.45. The highest BCUT2D eigenvalue weighted by Crippen LogP contribution is 2.39. The second-order valence-electron chi connectivity index (χ2n) is 10.2. The minimum Gasteiger partial charge on any atom is -0.490 e. The first-order valence-electron chi connectivity index (χ1n) is 12.2. The number of hydrogen-bond donors (Lipinski definition) is 1. The predicted molar refractivity (Wildman–Crippen MR) is 123 cm³/mol. The molecule has 0 spiro atoms. The summed E-state index contributed by atoms with van der Waals surface area (Å²) in [6.07, 6.45) is 10.3. The Labute approximate surface area is 185 Å². The van der Waals surface area contributed by atoms with Crippen LogP contribution in [-0.4, -0.2) is 34.2 Å². The van der Waals surface area contributed by atoms with Gasteiger partial charge < -0.3 is 9.84 Å². The quantitative estimate of drug-likeness (QED) is 0.642. The van der Waals surface area contributed by atoms with Crippen LogP contribution in [0.2, 0.25) is 0 Å². The molecule has 2 heterocycles. The fourth-order valence-corrected chi connectivity index (χ4v) is 6.18. The van der Waals surface area contributed by atoms with E-state index >= 15 is 0 Å². The van der Waals surface area contributed by atoms with Gasteiger partial charge in [-0.1, -0.05) is 37.6 Å². The van der Waals surface area contributed by atoms with E-state index in [4.69, 9.17) is 4.74 Å². The number of piperidine rings is 2. The van der Waals surface area contributed by atoms with Crippen LogP contribution in [0, 0.1) is 11.8 Å². The average Bonchev–Trinajstić information content (AvgIpc) is 2.75. The van der Waals surface area contributed by atoms with Crippen LogP contribution in [0.1, 0.15) is 70.3 Å². The molecule has 2 bridgehead atoms. The molecule has 4 nitrogen and oxygen atoms in total. The zero-order valence-electron chi connectivity index (χ0n) is 18.6. The highest BCUT2D eigenvalue weighted by Gasteiger charge is 2.40. The Morgan fingerprint density at radius 2 is 1.77 bits per heavy atom. The van der Waals surface area contributed by atoms with Crippen LogP contribution in [0.25, 0.3) is 10.8 Å². The highest BCUT2D eigenvalue weighted by atomic mass is 16.5. The molecule has 0 radical (unpaired) electrons. The van der Waals surface area contributed by atoms with Gasteiger partial charge in [0.25, 0.3) is 0 Å². The van der Waals surface area contributed by atoms with Gasteiger partial charge in [0.15, 0.2) is 0 Å². The zero-order chi connectivity index (χ0) is 21.4. The molecule has 2 unspecified atom stereocenters. The molecule has 2 aromatic carbocycles. The van der Waals surface area contributed by atoms with E-state index in [0.29, 0.717) is 18.2 Å². The first-order valence-corrected chi connectivity index (χ1v) is 12.2. The summed E-state index contributed by atoms with van der Waals surface area (Å²) in [7, 11) is 0. The van der Waals surface area contributed by atoms with Crippen molar-refractivity contribution in [3.05, 3.63) is 42.0 Å². The molecule has 0 amide bonds. The third-order valence-corrected chi connectivity index (χ3v) is 8.00. The second kappa shape index (κ2) is 8.82. The van der Waals surface area contributed by atoms with Crippen LogP contribution >= 0.6 is 0 Å². The van der Waals surface area contributed by atoms with Crippen molar-refractivity contribution in [3.63, 3.8) is 0 Å². The summed E-state index contributed by atoms with van der Waals surface area (Å²) in [5, 5.41) is 12.0. The lowest BCUT2D eigenvalue weighted by Gasteiger charge is -2.48. The molecule has 31 heavy (non-hydrogen) atoms. The van der Waals surface area contributed by atoms with E-state index in [9.17, 15) is 9.90 Å². The largest absolute Gasteiger partial charge is 0.490 e. The monoisotopic (exact) mass is 421 g/mol. The fraction of sp³-hybridized carbons (Fsp3) is 0.593. The summed E-state index contributed by atoms with van der Waals surface area (Å²) >= 11 is 0. The number of carboxylic acids is 1. The summed E-state index contributed by atoms with van der Waals surface area (Å²) in [4.78, 5) is 14.1. The van der Waals surface area contributed by atoms with Gasteiger partial charge in [0.2, 0.25) is 0 Å². The Balaban J connectivity index is 1.32. The summed E-state index contributed by atoms with van der Waals surface area (Å²) in [6, 6.07) is 14.0. The first-order chi connectivity index (χ1) is 15.1. The molecule has 5 rings (SSSR count). The average molecular weight is 422 g/mol. The topological polar surface area (TPSA) is 49.8 Å². The molecule has 4 heteroatoms. The van der Waals surface area contributed by atoms with Crippen molar-refractivity contribution in [2.75, 3.05) is 0 Å². The summed E-state index contributed by atoms with van der Waals surface area (Å²) in [5.41, 5.74) is 1.32. The van der Waals surface area contributed by atoms with E-state index in [1.165, 1.54) is 35.6 Å². The fourth-order valence-electron chi connectivity index (χ4n) is 6.18. The van der Waals surface area contributed by atoms with Crippen LogP contribution in [-0.2, 0) is 11.3 Å². The smallest absolute Gasteiger partial charge is 0.306 e. The molecule has 1 saturated carbocycles. The van der Waals surface area contributed by atoms with E-state index in [1.807, 2.05) is 0 Å². The van der Waals surface area contributed by atoms with Gasteiger partial charge in [0.05, 0.1) is 12.0 Å². The summed E-state index contributed by atoms with van der Waals surface area (Å²) < 4.78 is 6.44. The van der Waals surface area contributed by atoms with Crippen molar-refractivity contribution >= 4 is 16.7 Å². The molecule has 3 aliphatic rings. The van der Waals surface area contributed by atoms with Crippen molar-refractivity contribution in [2.24, 2.45) is 11.8 Å². The van der Waals surface area contributed by atoms with Crippen LogP contribution in [0.15, 0.2) is 36.4 Å². The van der Waals surface area contributed by atoms with Gasteiger partial charge in [-0.3, -0.25) is 9.69 Å². The molecule has 2 aromatic rings. The van der Waals surface area contributed by atoms with Gasteiger partial charge in [-0.15, -0.1) is 0 Å². The lowest BCUT2D eigenvalue weighted by molar-refractivity contribution is -0.146. The number of rotatable bonds is 5. The standard InChI is InChI=1S/C27H35NO3/c1-18-8-11-24(12-9-18)31-26-7-2-4-20-14-19(10-13-25(20)26)17-28-22-5-3-6-23(28)16-21(15-22)27(29)30/h2,4,7,10,13-14,18,21-24H,3,5-6,8-9,11-12,15-17H2,1H3,(H,29,30)/t18-,21?,22?,23?,24+. The van der Waals surface area contributed by atoms with Gasteiger partial charge in [-0.25, -0.2) is 0 Å². The van der Waals surface area contributed by atoms with Crippen LogP contribution in [0.4, 0.5) is 0 Å². The third-order valence-electron chi connectivity index (χ3n) is 8.00. The van der Waals surface area contributed by atoms with Crippen molar-refractivity contribution in [1.82, 2.24) is 4.90 Å². The number of aliphatic carboxylic acids is 1. The molecular formula is C27H35NO3. The van der Waals surface area contributed by atoms with Gasteiger partial charge in [0.1, 0.15) is 5.75 Å². The van der Waals surface area contributed by atoms with E-state index in [0.717, 1.165) is 56.7 Å². The summed E-state index contributed by atoms with van der Waals surface area (Å²) in [5.74, 6) is 1.07. The zero-order valence-corrected chi connectivity index (χ0v) is 18.6. The molecule has 2 atom stereocenters. The van der Waals surface area contributed by atoms with Gasteiger partial charge in [-0.05, 0) is 80.4 Å². The Bertz CT molecular complexity index is 919. The van der Waals surface area contributed by atoms with Crippen molar-refractivity contribution in [1.29, 1.82) is 0 Å². The number of hydrogen-bond acceptors (Lipinski definition) is 3. The van der Waals surface area contributed by atoms with Crippen LogP contribution in [0.3, 0.4) is 0 Å². The van der Waals surface area contributed by atoms with Gasteiger partial charge in [0, 0.05) is 24.0 Å².